The summed E-state index contributed by atoms with van der Waals surface area (Å²) < 4.78 is 0.897. The second-order valence-electron chi connectivity index (χ2n) is 4.59. The van der Waals surface area contributed by atoms with Gasteiger partial charge in [0, 0.05) is 23.1 Å². The summed E-state index contributed by atoms with van der Waals surface area (Å²) in [6.45, 7) is 3.29. The minimum absolute atomic E-state index is 0.00746. The SMILES string of the molecule is CCCCCCN(CCO)C(=O)c1cccc(Br)c1. The molecule has 1 N–H and O–H groups in total. The number of hydrogen-bond acceptors (Lipinski definition) is 2. The predicted molar refractivity (Wildman–Crippen MR) is 81.3 cm³/mol. The summed E-state index contributed by atoms with van der Waals surface area (Å²) >= 11 is 3.37. The monoisotopic (exact) mass is 327 g/mol. The van der Waals surface area contributed by atoms with Gasteiger partial charge in [0.2, 0.25) is 0 Å². The van der Waals surface area contributed by atoms with Crippen LogP contribution >= 0.6 is 15.9 Å². The van der Waals surface area contributed by atoms with Crippen LogP contribution in [0.25, 0.3) is 0 Å². The third-order valence-electron chi connectivity index (χ3n) is 3.01. The number of aliphatic hydroxyl groups excluding tert-OH is 1. The zero-order valence-electron chi connectivity index (χ0n) is 11.4. The van der Waals surface area contributed by atoms with E-state index in [0.29, 0.717) is 18.7 Å². The van der Waals surface area contributed by atoms with Gasteiger partial charge < -0.3 is 10.0 Å². The summed E-state index contributed by atoms with van der Waals surface area (Å²) in [4.78, 5) is 14.1. The van der Waals surface area contributed by atoms with Crippen molar-refractivity contribution in [2.45, 2.75) is 32.6 Å². The van der Waals surface area contributed by atoms with Gasteiger partial charge in [-0.1, -0.05) is 48.2 Å². The van der Waals surface area contributed by atoms with Crippen LogP contribution in [0.3, 0.4) is 0 Å². The summed E-state index contributed by atoms with van der Waals surface area (Å²) in [5, 5.41) is 9.09. The fourth-order valence-corrected chi connectivity index (χ4v) is 2.37. The van der Waals surface area contributed by atoms with Gasteiger partial charge in [-0.2, -0.15) is 0 Å². The standard InChI is InChI=1S/C15H22BrNO2/c1-2-3-4-5-9-17(10-11-18)15(19)13-7-6-8-14(16)12-13/h6-8,12,18H,2-5,9-11H2,1H3. The van der Waals surface area contributed by atoms with E-state index in [1.807, 2.05) is 24.3 Å². The molecule has 3 nitrogen and oxygen atoms in total. The van der Waals surface area contributed by atoms with Crippen LogP contribution in [-0.2, 0) is 0 Å². The Kier molecular flexibility index (Phi) is 7.75. The lowest BCUT2D eigenvalue weighted by atomic mass is 10.1. The molecule has 106 valence electrons. The highest BCUT2D eigenvalue weighted by Crippen LogP contribution is 2.14. The maximum Gasteiger partial charge on any atom is 0.253 e. The summed E-state index contributed by atoms with van der Waals surface area (Å²) in [7, 11) is 0. The van der Waals surface area contributed by atoms with Gasteiger partial charge in [0.05, 0.1) is 6.61 Å². The van der Waals surface area contributed by atoms with Crippen molar-refractivity contribution in [2.75, 3.05) is 19.7 Å². The Balaban J connectivity index is 2.61. The first kappa shape index (κ1) is 16.2. The zero-order valence-corrected chi connectivity index (χ0v) is 13.0. The minimum Gasteiger partial charge on any atom is -0.395 e. The van der Waals surface area contributed by atoms with Gasteiger partial charge in [-0.25, -0.2) is 0 Å². The minimum atomic E-state index is -0.00755. The van der Waals surface area contributed by atoms with Crippen LogP contribution < -0.4 is 0 Å². The fraction of sp³-hybridized carbons (Fsp3) is 0.533. The Bertz CT molecular complexity index is 395. The Morgan fingerprint density at radius 3 is 2.68 bits per heavy atom. The normalized spacial score (nSPS) is 10.5. The molecule has 0 radical (unpaired) electrons. The Morgan fingerprint density at radius 1 is 1.26 bits per heavy atom. The molecule has 0 aromatic heterocycles. The van der Waals surface area contributed by atoms with Crippen LogP contribution in [0.5, 0.6) is 0 Å². The van der Waals surface area contributed by atoms with Gasteiger partial charge in [-0.15, -0.1) is 0 Å². The van der Waals surface area contributed by atoms with Crippen molar-refractivity contribution >= 4 is 21.8 Å². The highest BCUT2D eigenvalue weighted by molar-refractivity contribution is 9.10. The molecule has 0 aliphatic carbocycles. The molecule has 4 heteroatoms. The Hall–Kier alpha value is -0.870. The molecule has 0 heterocycles. The Labute approximate surface area is 123 Å². The molecule has 0 saturated carbocycles. The molecular formula is C15H22BrNO2. The number of carbonyl (C=O) groups excluding carboxylic acids is 1. The van der Waals surface area contributed by atoms with Crippen molar-refractivity contribution in [3.05, 3.63) is 34.3 Å². The maximum atomic E-state index is 12.3. The number of nitrogens with zero attached hydrogens (tertiary/aromatic N) is 1. The van der Waals surface area contributed by atoms with Crippen molar-refractivity contribution in [3.8, 4) is 0 Å². The van der Waals surface area contributed by atoms with E-state index in [-0.39, 0.29) is 12.5 Å². The van der Waals surface area contributed by atoms with Crippen molar-refractivity contribution in [1.82, 2.24) is 4.90 Å². The lowest BCUT2D eigenvalue weighted by Crippen LogP contribution is -2.34. The number of amides is 1. The molecule has 0 fully saturated rings. The summed E-state index contributed by atoms with van der Waals surface area (Å²) in [5.41, 5.74) is 0.665. The van der Waals surface area contributed by atoms with E-state index in [2.05, 4.69) is 22.9 Å². The van der Waals surface area contributed by atoms with E-state index in [4.69, 9.17) is 5.11 Å². The average Bonchev–Trinajstić information content (AvgIpc) is 2.41. The molecule has 0 spiro atoms. The average molecular weight is 328 g/mol. The molecule has 1 aromatic carbocycles. The van der Waals surface area contributed by atoms with E-state index in [1.165, 1.54) is 12.8 Å². The molecule has 1 rings (SSSR count). The van der Waals surface area contributed by atoms with Crippen molar-refractivity contribution < 1.29 is 9.90 Å². The number of unbranched alkanes of at least 4 members (excludes halogenated alkanes) is 3. The number of aliphatic hydroxyl groups is 1. The van der Waals surface area contributed by atoms with Gasteiger partial charge in [-0.05, 0) is 24.6 Å². The van der Waals surface area contributed by atoms with E-state index in [1.54, 1.807) is 4.90 Å². The second-order valence-corrected chi connectivity index (χ2v) is 5.50. The summed E-state index contributed by atoms with van der Waals surface area (Å²) in [5.74, 6) is -0.00755. The van der Waals surface area contributed by atoms with E-state index in [0.717, 1.165) is 17.3 Å². The predicted octanol–water partition coefficient (Wildman–Crippen LogP) is 3.46. The Morgan fingerprint density at radius 2 is 2.05 bits per heavy atom. The van der Waals surface area contributed by atoms with Crippen LogP contribution in [0.4, 0.5) is 0 Å². The van der Waals surface area contributed by atoms with Crippen LogP contribution in [0, 0.1) is 0 Å². The first-order chi connectivity index (χ1) is 9.19. The molecule has 0 atom stereocenters. The molecule has 1 amide bonds. The van der Waals surface area contributed by atoms with Gasteiger partial charge in [0.1, 0.15) is 0 Å². The first-order valence-corrected chi connectivity index (χ1v) is 7.64. The number of halogens is 1. The highest BCUT2D eigenvalue weighted by atomic mass is 79.9. The van der Waals surface area contributed by atoms with Gasteiger partial charge in [0.25, 0.3) is 5.91 Å². The summed E-state index contributed by atoms with van der Waals surface area (Å²) in [6.07, 6.45) is 4.50. The van der Waals surface area contributed by atoms with Crippen molar-refractivity contribution in [2.24, 2.45) is 0 Å². The van der Waals surface area contributed by atoms with Crippen LogP contribution in [-0.4, -0.2) is 35.6 Å². The molecule has 0 unspecified atom stereocenters. The maximum absolute atomic E-state index is 12.3. The van der Waals surface area contributed by atoms with Crippen LogP contribution in [0.15, 0.2) is 28.7 Å². The molecule has 0 aliphatic rings. The van der Waals surface area contributed by atoms with Gasteiger partial charge in [0.15, 0.2) is 0 Å². The van der Waals surface area contributed by atoms with Gasteiger partial charge >= 0.3 is 0 Å². The number of benzene rings is 1. The van der Waals surface area contributed by atoms with Crippen molar-refractivity contribution in [3.63, 3.8) is 0 Å². The molecule has 0 bridgehead atoms. The fourth-order valence-electron chi connectivity index (χ4n) is 1.97. The van der Waals surface area contributed by atoms with Crippen molar-refractivity contribution in [1.29, 1.82) is 0 Å². The topological polar surface area (TPSA) is 40.5 Å². The molecule has 0 aliphatic heterocycles. The molecule has 0 saturated heterocycles. The largest absolute Gasteiger partial charge is 0.395 e. The zero-order chi connectivity index (χ0) is 14.1. The lowest BCUT2D eigenvalue weighted by Gasteiger charge is -2.22. The second kappa shape index (κ2) is 9.10. The molecule has 1 aromatic rings. The smallest absolute Gasteiger partial charge is 0.253 e. The van der Waals surface area contributed by atoms with E-state index < -0.39 is 0 Å². The lowest BCUT2D eigenvalue weighted by molar-refractivity contribution is 0.0718. The van der Waals surface area contributed by atoms with Crippen LogP contribution in [0.1, 0.15) is 43.0 Å². The quantitative estimate of drug-likeness (QED) is 0.743. The highest BCUT2D eigenvalue weighted by Gasteiger charge is 2.14. The molecule has 19 heavy (non-hydrogen) atoms. The molecular weight excluding hydrogens is 306 g/mol. The van der Waals surface area contributed by atoms with E-state index >= 15 is 0 Å². The number of hydrogen-bond donors (Lipinski definition) is 1. The first-order valence-electron chi connectivity index (χ1n) is 6.84. The third-order valence-corrected chi connectivity index (χ3v) is 3.50. The van der Waals surface area contributed by atoms with Crippen LogP contribution in [0.2, 0.25) is 0 Å². The number of rotatable bonds is 8. The number of carbonyl (C=O) groups is 1. The summed E-state index contributed by atoms with van der Waals surface area (Å²) in [6, 6.07) is 7.38. The van der Waals surface area contributed by atoms with Gasteiger partial charge in [-0.3, -0.25) is 4.79 Å². The third kappa shape index (κ3) is 5.74. The van der Waals surface area contributed by atoms with E-state index in [9.17, 15) is 4.79 Å².